The van der Waals surface area contributed by atoms with Gasteiger partial charge in [-0.3, -0.25) is 0 Å². The fourth-order valence-corrected chi connectivity index (χ4v) is 1.13. The first kappa shape index (κ1) is 13.7. The van der Waals surface area contributed by atoms with Gasteiger partial charge in [-0.2, -0.15) is 13.2 Å². The lowest BCUT2D eigenvalue weighted by Gasteiger charge is -2.24. The summed E-state index contributed by atoms with van der Waals surface area (Å²) in [6, 6.07) is 0. The largest absolute Gasteiger partial charge is 0.415 e. The van der Waals surface area contributed by atoms with Crippen LogP contribution in [0.4, 0.5) is 13.2 Å². The van der Waals surface area contributed by atoms with Gasteiger partial charge < -0.3 is 10.0 Å². The number of hydrogen-bond acceptors (Lipinski definition) is 2. The van der Waals surface area contributed by atoms with Gasteiger partial charge in [-0.25, -0.2) is 0 Å². The van der Waals surface area contributed by atoms with E-state index >= 15 is 0 Å². The van der Waals surface area contributed by atoms with E-state index in [1.807, 2.05) is 13.8 Å². The van der Waals surface area contributed by atoms with Crippen molar-refractivity contribution in [1.29, 1.82) is 0 Å². The van der Waals surface area contributed by atoms with Gasteiger partial charge in [-0.1, -0.05) is 20.3 Å². The average Bonchev–Trinajstić information content (AvgIpc) is 2.02. The van der Waals surface area contributed by atoms with Crippen molar-refractivity contribution in [3.63, 3.8) is 0 Å². The smallest absolute Gasteiger partial charge is 0.382 e. The van der Waals surface area contributed by atoms with Gasteiger partial charge in [-0.15, -0.1) is 0 Å². The van der Waals surface area contributed by atoms with Crippen molar-refractivity contribution in [3.05, 3.63) is 0 Å². The van der Waals surface area contributed by atoms with Crippen molar-refractivity contribution in [2.24, 2.45) is 5.92 Å². The third-order valence-corrected chi connectivity index (χ3v) is 2.18. The third-order valence-electron chi connectivity index (χ3n) is 2.18. The average molecular weight is 213 g/mol. The van der Waals surface area contributed by atoms with Crippen LogP contribution in [0.15, 0.2) is 0 Å². The lowest BCUT2D eigenvalue weighted by molar-refractivity contribution is -0.207. The van der Waals surface area contributed by atoms with Gasteiger partial charge in [0.1, 0.15) is 0 Å². The Bertz CT molecular complexity index is 161. The molecule has 0 aliphatic heterocycles. The second-order valence-corrected chi connectivity index (χ2v) is 3.79. The molecule has 0 amide bonds. The van der Waals surface area contributed by atoms with Crippen molar-refractivity contribution in [2.75, 3.05) is 20.1 Å². The number of rotatable bonds is 5. The molecule has 0 heterocycles. The normalized spacial score (nSPS) is 17.1. The molecule has 0 rings (SSSR count). The number of aliphatic hydroxyl groups excluding tert-OH is 1. The zero-order chi connectivity index (χ0) is 11.4. The third kappa shape index (κ3) is 5.44. The maximum atomic E-state index is 12.0. The number of halogens is 3. The first-order valence-corrected chi connectivity index (χ1v) is 4.70. The molecule has 2 unspecified atom stereocenters. The molecule has 0 spiro atoms. The number of likely N-dealkylation sites (N-methyl/N-ethyl adjacent to an activating group) is 1. The summed E-state index contributed by atoms with van der Waals surface area (Å²) in [6.07, 6.45) is -5.83. The summed E-state index contributed by atoms with van der Waals surface area (Å²) in [5.74, 6) is 0.348. The van der Waals surface area contributed by atoms with E-state index in [2.05, 4.69) is 0 Å². The molecule has 1 N–H and O–H groups in total. The highest BCUT2D eigenvalue weighted by atomic mass is 19.4. The van der Waals surface area contributed by atoms with Crippen LogP contribution in [-0.4, -0.2) is 42.4 Å². The SMILES string of the molecule is CCC(C)CN(C)CC(O)C(F)(F)F. The van der Waals surface area contributed by atoms with E-state index in [4.69, 9.17) is 5.11 Å². The molecule has 2 nitrogen and oxygen atoms in total. The predicted octanol–water partition coefficient (Wildman–Crippen LogP) is 1.89. The molecule has 86 valence electrons. The first-order valence-electron chi connectivity index (χ1n) is 4.70. The zero-order valence-electron chi connectivity index (χ0n) is 8.80. The molecular weight excluding hydrogens is 195 g/mol. The molecule has 0 saturated heterocycles. The molecule has 0 aromatic heterocycles. The van der Waals surface area contributed by atoms with Crippen molar-refractivity contribution < 1.29 is 18.3 Å². The van der Waals surface area contributed by atoms with Crippen LogP contribution in [0.2, 0.25) is 0 Å². The van der Waals surface area contributed by atoms with E-state index in [1.165, 1.54) is 4.90 Å². The van der Waals surface area contributed by atoms with Crippen molar-refractivity contribution in [3.8, 4) is 0 Å². The Labute approximate surface area is 82.7 Å². The van der Waals surface area contributed by atoms with Gasteiger partial charge >= 0.3 is 6.18 Å². The minimum atomic E-state index is -4.51. The molecular formula is C9H18F3NO. The summed E-state index contributed by atoms with van der Waals surface area (Å²) in [5.41, 5.74) is 0. The van der Waals surface area contributed by atoms with Crippen molar-refractivity contribution in [2.45, 2.75) is 32.5 Å². The van der Waals surface area contributed by atoms with E-state index in [1.54, 1.807) is 7.05 Å². The van der Waals surface area contributed by atoms with E-state index < -0.39 is 12.3 Å². The summed E-state index contributed by atoms with van der Waals surface area (Å²) >= 11 is 0. The van der Waals surface area contributed by atoms with Crippen molar-refractivity contribution in [1.82, 2.24) is 4.90 Å². The van der Waals surface area contributed by atoms with E-state index in [0.717, 1.165) is 6.42 Å². The Hall–Kier alpha value is -0.290. The summed E-state index contributed by atoms with van der Waals surface area (Å²) in [6.45, 7) is 4.17. The highest BCUT2D eigenvalue weighted by Gasteiger charge is 2.38. The summed E-state index contributed by atoms with van der Waals surface area (Å²) in [5, 5.41) is 8.78. The molecule has 0 aromatic carbocycles. The molecule has 0 bridgehead atoms. The minimum absolute atomic E-state index is 0.348. The van der Waals surface area contributed by atoms with Gasteiger partial charge in [0.25, 0.3) is 0 Å². The van der Waals surface area contributed by atoms with Crippen LogP contribution in [0.25, 0.3) is 0 Å². The summed E-state index contributed by atoms with van der Waals surface area (Å²) in [4.78, 5) is 1.51. The minimum Gasteiger partial charge on any atom is -0.382 e. The Morgan fingerprint density at radius 2 is 1.79 bits per heavy atom. The first-order chi connectivity index (χ1) is 6.27. The molecule has 14 heavy (non-hydrogen) atoms. The lowest BCUT2D eigenvalue weighted by atomic mass is 10.1. The maximum Gasteiger partial charge on any atom is 0.415 e. The molecule has 0 saturated carbocycles. The summed E-state index contributed by atoms with van der Waals surface area (Å²) in [7, 11) is 1.58. The lowest BCUT2D eigenvalue weighted by Crippen LogP contribution is -2.40. The molecule has 2 atom stereocenters. The van der Waals surface area contributed by atoms with Crippen LogP contribution >= 0.6 is 0 Å². The monoisotopic (exact) mass is 213 g/mol. The molecule has 0 fully saturated rings. The highest BCUT2D eigenvalue weighted by molar-refractivity contribution is 4.70. The van der Waals surface area contributed by atoms with Crippen LogP contribution in [0.1, 0.15) is 20.3 Å². The van der Waals surface area contributed by atoms with E-state index in [0.29, 0.717) is 12.5 Å². The number of nitrogens with zero attached hydrogens (tertiary/aromatic N) is 1. The Morgan fingerprint density at radius 1 is 1.29 bits per heavy atom. The van der Waals surface area contributed by atoms with Crippen LogP contribution < -0.4 is 0 Å². The fourth-order valence-electron chi connectivity index (χ4n) is 1.13. The van der Waals surface area contributed by atoms with Gasteiger partial charge in [0, 0.05) is 13.1 Å². The molecule has 0 aliphatic carbocycles. The Kier molecular flexibility index (Phi) is 5.44. The molecule has 0 aromatic rings. The number of aliphatic hydroxyl groups is 1. The van der Waals surface area contributed by atoms with Crippen LogP contribution in [0.5, 0.6) is 0 Å². The van der Waals surface area contributed by atoms with E-state index in [9.17, 15) is 13.2 Å². The standard InChI is InChI=1S/C9H18F3NO/c1-4-7(2)5-13(3)6-8(14)9(10,11)12/h7-8,14H,4-6H2,1-3H3. The van der Waals surface area contributed by atoms with Gasteiger partial charge in [0.15, 0.2) is 6.10 Å². The van der Waals surface area contributed by atoms with Crippen molar-refractivity contribution >= 4 is 0 Å². The number of hydrogen-bond donors (Lipinski definition) is 1. The van der Waals surface area contributed by atoms with Gasteiger partial charge in [0.05, 0.1) is 0 Å². The second kappa shape index (κ2) is 5.56. The fraction of sp³-hybridized carbons (Fsp3) is 1.00. The Balaban J connectivity index is 3.88. The van der Waals surface area contributed by atoms with Crippen LogP contribution in [-0.2, 0) is 0 Å². The van der Waals surface area contributed by atoms with Gasteiger partial charge in [-0.05, 0) is 13.0 Å². The topological polar surface area (TPSA) is 23.5 Å². The molecule has 0 radical (unpaired) electrons. The maximum absolute atomic E-state index is 12.0. The zero-order valence-corrected chi connectivity index (χ0v) is 8.80. The second-order valence-electron chi connectivity index (χ2n) is 3.79. The molecule has 5 heteroatoms. The summed E-state index contributed by atoms with van der Waals surface area (Å²) < 4.78 is 35.9. The van der Waals surface area contributed by atoms with Gasteiger partial charge in [0.2, 0.25) is 0 Å². The number of alkyl halides is 3. The quantitative estimate of drug-likeness (QED) is 0.753. The van der Waals surface area contributed by atoms with Crippen LogP contribution in [0.3, 0.4) is 0 Å². The predicted molar refractivity (Wildman–Crippen MR) is 49.0 cm³/mol. The Morgan fingerprint density at radius 3 is 2.14 bits per heavy atom. The highest BCUT2D eigenvalue weighted by Crippen LogP contribution is 2.20. The van der Waals surface area contributed by atoms with E-state index in [-0.39, 0.29) is 6.54 Å². The van der Waals surface area contributed by atoms with Crippen LogP contribution in [0, 0.1) is 5.92 Å². The molecule has 0 aliphatic rings.